The van der Waals surface area contributed by atoms with Gasteiger partial charge in [-0.3, -0.25) is 4.79 Å². The van der Waals surface area contributed by atoms with Crippen molar-refractivity contribution in [1.82, 2.24) is 14.6 Å². The van der Waals surface area contributed by atoms with Crippen LogP contribution in [0.5, 0.6) is 0 Å². The van der Waals surface area contributed by atoms with Crippen LogP contribution in [0, 0.1) is 6.92 Å². The van der Waals surface area contributed by atoms with Crippen molar-refractivity contribution >= 4 is 23.4 Å². The number of anilines is 1. The van der Waals surface area contributed by atoms with Crippen LogP contribution in [0.3, 0.4) is 0 Å². The number of hydrogen-bond donors (Lipinski definition) is 1. The highest BCUT2D eigenvalue weighted by atomic mass is 16.1. The van der Waals surface area contributed by atoms with Gasteiger partial charge in [-0.1, -0.05) is 52.2 Å². The first-order valence-corrected chi connectivity index (χ1v) is 7.20. The van der Waals surface area contributed by atoms with E-state index in [4.69, 9.17) is 0 Å². The Morgan fingerprint density at radius 1 is 1.30 bits per heavy atom. The lowest BCUT2D eigenvalue weighted by Crippen LogP contribution is -2.01. The first-order chi connectivity index (χ1) is 10.7. The molecule has 0 saturated carbocycles. The third-order valence-corrected chi connectivity index (χ3v) is 2.77. The lowest BCUT2D eigenvalue weighted by atomic mass is 10.2. The van der Waals surface area contributed by atoms with E-state index in [1.165, 1.54) is 0 Å². The molecule has 5 heteroatoms. The summed E-state index contributed by atoms with van der Waals surface area (Å²) in [7, 11) is 0. The van der Waals surface area contributed by atoms with Gasteiger partial charge in [-0.15, -0.1) is 0 Å². The van der Waals surface area contributed by atoms with Gasteiger partial charge in [-0.25, -0.2) is 9.50 Å². The van der Waals surface area contributed by atoms with Crippen LogP contribution in [0.2, 0.25) is 0 Å². The van der Waals surface area contributed by atoms with Crippen LogP contribution in [0.1, 0.15) is 39.6 Å². The minimum Gasteiger partial charge on any atom is -0.311 e. The number of nitrogens with zero attached hydrogens (tertiary/aromatic N) is 3. The van der Waals surface area contributed by atoms with E-state index < -0.39 is 0 Å². The largest absolute Gasteiger partial charge is 0.311 e. The fraction of sp³-hybridized carbons (Fsp3) is 0.278. The summed E-state index contributed by atoms with van der Waals surface area (Å²) in [6, 6.07) is 3.75. The summed E-state index contributed by atoms with van der Waals surface area (Å²) in [6.45, 7) is 11.5. The minimum absolute atomic E-state index is 0. The predicted molar refractivity (Wildman–Crippen MR) is 98.5 cm³/mol. The van der Waals surface area contributed by atoms with Gasteiger partial charge in [0.1, 0.15) is 5.69 Å². The number of allylic oxidation sites excluding steroid dienone is 5. The number of aryl methyl sites for hydroxylation is 1. The molecule has 0 saturated heterocycles. The third kappa shape index (κ3) is 4.92. The molecule has 0 aliphatic carbocycles. The summed E-state index contributed by atoms with van der Waals surface area (Å²) < 4.78 is 1.73. The average molecular weight is 314 g/mol. The fourth-order valence-electron chi connectivity index (χ4n) is 1.89. The molecule has 23 heavy (non-hydrogen) atoms. The monoisotopic (exact) mass is 314 g/mol. The first-order valence-electron chi connectivity index (χ1n) is 7.20. The van der Waals surface area contributed by atoms with Crippen molar-refractivity contribution in [3.05, 3.63) is 54.4 Å². The minimum atomic E-state index is 0. The summed E-state index contributed by atoms with van der Waals surface area (Å²) >= 11 is 0. The Hall–Kier alpha value is -2.69. The summed E-state index contributed by atoms with van der Waals surface area (Å²) in [6.07, 6.45) is 7.95. The molecule has 0 spiro atoms. The standard InChI is InChI=1S/C15H16N4O.C2H6.CH4/c1-4-5-6-7-11(2)14-15(16-10-20)17-13-9-8-12(3)18-19(13)14;1-2;/h4-10H,1H2,2-3H3,(H,16,20);1-2H3;1H4/b6-5-,11-7+;;. The normalized spacial score (nSPS) is 10.7. The van der Waals surface area contributed by atoms with E-state index in [0.717, 1.165) is 17.0 Å². The van der Waals surface area contributed by atoms with Crippen LogP contribution >= 0.6 is 0 Å². The maximum Gasteiger partial charge on any atom is 0.212 e. The van der Waals surface area contributed by atoms with Crippen LogP contribution in [-0.4, -0.2) is 21.0 Å². The number of nitrogens with one attached hydrogen (secondary N) is 1. The molecule has 2 aromatic rings. The van der Waals surface area contributed by atoms with Crippen molar-refractivity contribution in [1.29, 1.82) is 0 Å². The van der Waals surface area contributed by atoms with Gasteiger partial charge in [-0.05, 0) is 31.6 Å². The first kappa shape index (κ1) is 20.3. The van der Waals surface area contributed by atoms with E-state index in [2.05, 4.69) is 22.0 Å². The van der Waals surface area contributed by atoms with Crippen molar-refractivity contribution in [2.75, 3.05) is 5.32 Å². The van der Waals surface area contributed by atoms with Gasteiger partial charge in [0.05, 0.1) is 5.69 Å². The molecule has 0 radical (unpaired) electrons. The van der Waals surface area contributed by atoms with E-state index in [9.17, 15) is 4.79 Å². The summed E-state index contributed by atoms with van der Waals surface area (Å²) in [5, 5.41) is 7.06. The van der Waals surface area contributed by atoms with E-state index in [0.29, 0.717) is 17.9 Å². The number of fused-ring (bicyclic) bond motifs is 1. The smallest absolute Gasteiger partial charge is 0.212 e. The Morgan fingerprint density at radius 2 is 2.00 bits per heavy atom. The van der Waals surface area contributed by atoms with E-state index in [-0.39, 0.29) is 7.43 Å². The molecular weight excluding hydrogens is 288 g/mol. The molecule has 2 aromatic heterocycles. The van der Waals surface area contributed by atoms with Crippen molar-refractivity contribution in [3.8, 4) is 0 Å². The van der Waals surface area contributed by atoms with E-state index in [1.807, 2.05) is 58.1 Å². The quantitative estimate of drug-likeness (QED) is 0.656. The molecule has 124 valence electrons. The molecule has 0 aliphatic heterocycles. The predicted octanol–water partition coefficient (Wildman–Crippen LogP) is 4.41. The fourth-order valence-corrected chi connectivity index (χ4v) is 1.89. The molecule has 5 nitrogen and oxygen atoms in total. The Kier molecular flexibility index (Phi) is 8.92. The van der Waals surface area contributed by atoms with Crippen molar-refractivity contribution < 1.29 is 4.79 Å². The number of carbonyl (C=O) groups excluding carboxylic acids is 1. The van der Waals surface area contributed by atoms with Crippen molar-refractivity contribution in [2.45, 2.75) is 35.1 Å². The van der Waals surface area contributed by atoms with Crippen LogP contribution < -0.4 is 5.32 Å². The number of carbonyl (C=O) groups is 1. The zero-order chi connectivity index (χ0) is 16.5. The molecule has 0 fully saturated rings. The van der Waals surface area contributed by atoms with Gasteiger partial charge in [0.15, 0.2) is 11.5 Å². The lowest BCUT2D eigenvalue weighted by Gasteiger charge is -2.03. The van der Waals surface area contributed by atoms with E-state index in [1.54, 1.807) is 10.6 Å². The molecule has 0 aliphatic rings. The number of amides is 1. The Labute approximate surface area is 138 Å². The summed E-state index contributed by atoms with van der Waals surface area (Å²) in [5.41, 5.74) is 3.28. The molecule has 0 unspecified atom stereocenters. The maximum atomic E-state index is 10.7. The molecule has 0 bridgehead atoms. The molecule has 0 aromatic carbocycles. The molecule has 2 rings (SSSR count). The molecule has 1 amide bonds. The van der Waals surface area contributed by atoms with Gasteiger partial charge >= 0.3 is 0 Å². The molecule has 0 atom stereocenters. The van der Waals surface area contributed by atoms with Crippen LogP contribution in [0.25, 0.3) is 11.2 Å². The zero-order valence-electron chi connectivity index (χ0n) is 13.5. The number of aromatic nitrogens is 3. The highest BCUT2D eigenvalue weighted by Crippen LogP contribution is 2.24. The molecule has 1 N–H and O–H groups in total. The number of imidazole rings is 1. The maximum absolute atomic E-state index is 10.7. The van der Waals surface area contributed by atoms with Gasteiger partial charge in [0, 0.05) is 0 Å². The second-order valence-corrected chi connectivity index (χ2v) is 4.29. The highest BCUT2D eigenvalue weighted by molar-refractivity contribution is 5.81. The van der Waals surface area contributed by atoms with Crippen LogP contribution in [0.15, 0.2) is 43.0 Å². The van der Waals surface area contributed by atoms with Gasteiger partial charge in [-0.2, -0.15) is 5.10 Å². The summed E-state index contributed by atoms with van der Waals surface area (Å²) in [4.78, 5) is 15.1. The Morgan fingerprint density at radius 3 is 2.61 bits per heavy atom. The summed E-state index contributed by atoms with van der Waals surface area (Å²) in [5.74, 6) is 0.499. The molecular formula is C18H26N4O. The Bertz CT molecular complexity index is 711. The van der Waals surface area contributed by atoms with Gasteiger partial charge < -0.3 is 5.32 Å². The third-order valence-electron chi connectivity index (χ3n) is 2.77. The topological polar surface area (TPSA) is 59.3 Å². The number of rotatable bonds is 5. The number of hydrogen-bond acceptors (Lipinski definition) is 3. The van der Waals surface area contributed by atoms with Gasteiger partial charge in [0.2, 0.25) is 6.41 Å². The average Bonchev–Trinajstić information content (AvgIpc) is 2.87. The lowest BCUT2D eigenvalue weighted by molar-refractivity contribution is -0.105. The Balaban J connectivity index is 0.00000155. The SMILES string of the molecule is C.C=C/C=C\C=C(/C)c1c(NC=O)nc2ccc(C)nn12.CC. The van der Waals surface area contributed by atoms with E-state index >= 15 is 0 Å². The van der Waals surface area contributed by atoms with Crippen molar-refractivity contribution in [3.63, 3.8) is 0 Å². The van der Waals surface area contributed by atoms with Crippen LogP contribution in [0.4, 0.5) is 5.82 Å². The second kappa shape index (κ2) is 10.1. The van der Waals surface area contributed by atoms with Crippen molar-refractivity contribution in [2.24, 2.45) is 0 Å². The highest BCUT2D eigenvalue weighted by Gasteiger charge is 2.14. The second-order valence-electron chi connectivity index (χ2n) is 4.29. The zero-order valence-corrected chi connectivity index (χ0v) is 13.5. The van der Waals surface area contributed by atoms with Gasteiger partial charge in [0.25, 0.3) is 0 Å². The van der Waals surface area contributed by atoms with Crippen LogP contribution in [-0.2, 0) is 4.79 Å². The molecule has 2 heterocycles.